The fourth-order valence-electron chi connectivity index (χ4n) is 1.87. The van der Waals surface area contributed by atoms with Crippen molar-refractivity contribution in [2.24, 2.45) is 0 Å². The smallest absolute Gasteiger partial charge is 0.354 e. The molecule has 1 fully saturated rings. The second kappa shape index (κ2) is 4.02. The predicted octanol–water partition coefficient (Wildman–Crippen LogP) is 1.24. The van der Waals surface area contributed by atoms with Gasteiger partial charge in [0, 0.05) is 6.61 Å². The van der Waals surface area contributed by atoms with Crippen LogP contribution in [0, 0.1) is 6.92 Å². The average molecular weight is 210 g/mol. The van der Waals surface area contributed by atoms with Crippen molar-refractivity contribution in [2.45, 2.75) is 25.8 Å². The second-order valence-corrected chi connectivity index (χ2v) is 3.79. The molecule has 0 aromatic carbocycles. The number of carboxylic acids is 1. The number of hydrogen-bond donors (Lipinski definition) is 1. The maximum absolute atomic E-state index is 11.0. The van der Waals surface area contributed by atoms with Crippen molar-refractivity contribution >= 4 is 5.97 Å². The molecule has 1 atom stereocenters. The van der Waals surface area contributed by atoms with E-state index < -0.39 is 5.97 Å². The highest BCUT2D eigenvalue weighted by Gasteiger charge is 2.22. The maximum atomic E-state index is 11.0. The molecule has 1 aromatic heterocycles. The van der Waals surface area contributed by atoms with E-state index in [4.69, 9.17) is 9.84 Å². The van der Waals surface area contributed by atoms with Gasteiger partial charge in [0.05, 0.1) is 18.3 Å². The molecule has 0 saturated carbocycles. The molecule has 2 heterocycles. The van der Waals surface area contributed by atoms with Crippen molar-refractivity contribution < 1.29 is 14.6 Å². The number of carboxylic acid groups (broad SMARTS) is 1. The first-order valence-electron chi connectivity index (χ1n) is 5.05. The largest absolute Gasteiger partial charge is 0.477 e. The van der Waals surface area contributed by atoms with Crippen LogP contribution in [0.1, 0.15) is 35.1 Å². The molecular formula is C10H14N2O3. The Bertz CT molecular complexity index is 367. The van der Waals surface area contributed by atoms with Crippen LogP contribution in [-0.4, -0.2) is 34.1 Å². The molecule has 0 bridgehead atoms. The molecule has 1 aromatic rings. The van der Waals surface area contributed by atoms with Gasteiger partial charge in [-0.25, -0.2) is 4.79 Å². The quantitative estimate of drug-likeness (QED) is 0.797. The van der Waals surface area contributed by atoms with Crippen molar-refractivity contribution in [2.75, 3.05) is 13.2 Å². The van der Waals surface area contributed by atoms with Crippen LogP contribution in [0.4, 0.5) is 0 Å². The van der Waals surface area contributed by atoms with Crippen molar-refractivity contribution in [1.29, 1.82) is 0 Å². The Labute approximate surface area is 87.7 Å². The Hall–Kier alpha value is -1.36. The van der Waals surface area contributed by atoms with Crippen LogP contribution in [0.2, 0.25) is 0 Å². The minimum atomic E-state index is -0.929. The van der Waals surface area contributed by atoms with E-state index in [9.17, 15) is 4.79 Å². The Morgan fingerprint density at radius 1 is 1.73 bits per heavy atom. The molecular weight excluding hydrogens is 196 g/mol. The summed E-state index contributed by atoms with van der Waals surface area (Å²) in [6.45, 7) is 3.12. The Morgan fingerprint density at radius 3 is 3.13 bits per heavy atom. The summed E-state index contributed by atoms with van der Waals surface area (Å²) in [5.74, 6) is -0.929. The summed E-state index contributed by atoms with van der Waals surface area (Å²) < 4.78 is 6.91. The van der Waals surface area contributed by atoms with E-state index >= 15 is 0 Å². The Balaban J connectivity index is 2.28. The van der Waals surface area contributed by atoms with Gasteiger partial charge in [-0.2, -0.15) is 5.10 Å². The van der Waals surface area contributed by atoms with Gasteiger partial charge in [0.15, 0.2) is 0 Å². The molecule has 5 nitrogen and oxygen atoms in total. The van der Waals surface area contributed by atoms with Crippen molar-refractivity contribution in [3.63, 3.8) is 0 Å². The third kappa shape index (κ3) is 2.02. The molecule has 5 heteroatoms. The van der Waals surface area contributed by atoms with Gasteiger partial charge in [-0.1, -0.05) is 0 Å². The first kappa shape index (κ1) is 10.2. The lowest BCUT2D eigenvalue weighted by atomic mass is 10.1. The molecule has 15 heavy (non-hydrogen) atoms. The lowest BCUT2D eigenvalue weighted by Crippen LogP contribution is -2.25. The number of hydrogen-bond acceptors (Lipinski definition) is 3. The summed E-state index contributed by atoms with van der Waals surface area (Å²) in [7, 11) is 0. The minimum Gasteiger partial charge on any atom is -0.477 e. The first-order valence-corrected chi connectivity index (χ1v) is 5.05. The fraction of sp³-hybridized carbons (Fsp3) is 0.600. The molecule has 1 saturated heterocycles. The number of carbonyl (C=O) groups is 1. The first-order chi connectivity index (χ1) is 7.18. The number of aromatic carboxylic acids is 1. The normalized spacial score (nSPS) is 21.5. The molecule has 0 radical (unpaired) electrons. The SMILES string of the molecule is Cc1cc(C(=O)O)n(C2CCCOC2)n1. The van der Waals surface area contributed by atoms with Crippen molar-refractivity contribution in [3.05, 3.63) is 17.5 Å². The summed E-state index contributed by atoms with van der Waals surface area (Å²) in [5.41, 5.74) is 0.987. The van der Waals surface area contributed by atoms with Crippen LogP contribution in [0.5, 0.6) is 0 Å². The van der Waals surface area contributed by atoms with Crippen LogP contribution < -0.4 is 0 Å². The van der Waals surface area contributed by atoms with Gasteiger partial charge in [0.25, 0.3) is 0 Å². The van der Waals surface area contributed by atoms with Crippen LogP contribution in [0.15, 0.2) is 6.07 Å². The summed E-state index contributed by atoms with van der Waals surface area (Å²) in [6.07, 6.45) is 1.89. The predicted molar refractivity (Wildman–Crippen MR) is 53.0 cm³/mol. The molecule has 0 amide bonds. The highest BCUT2D eigenvalue weighted by molar-refractivity contribution is 5.85. The van der Waals surface area contributed by atoms with Gasteiger partial charge in [-0.15, -0.1) is 0 Å². The molecule has 2 rings (SSSR count). The van der Waals surface area contributed by atoms with E-state index in [0.29, 0.717) is 6.61 Å². The lowest BCUT2D eigenvalue weighted by molar-refractivity contribution is 0.0499. The van der Waals surface area contributed by atoms with Gasteiger partial charge in [0.1, 0.15) is 5.69 Å². The molecule has 1 aliphatic heterocycles. The minimum absolute atomic E-state index is 0.0681. The summed E-state index contributed by atoms with van der Waals surface area (Å²) >= 11 is 0. The third-order valence-corrected chi connectivity index (χ3v) is 2.56. The van der Waals surface area contributed by atoms with Crippen LogP contribution >= 0.6 is 0 Å². The van der Waals surface area contributed by atoms with Crippen molar-refractivity contribution in [1.82, 2.24) is 9.78 Å². The molecule has 0 spiro atoms. The maximum Gasteiger partial charge on any atom is 0.354 e. The van der Waals surface area contributed by atoms with Crippen LogP contribution in [0.25, 0.3) is 0 Å². The number of rotatable bonds is 2. The molecule has 82 valence electrons. The molecule has 0 aliphatic carbocycles. The van der Waals surface area contributed by atoms with Gasteiger partial charge < -0.3 is 9.84 Å². The van der Waals surface area contributed by atoms with Gasteiger partial charge >= 0.3 is 5.97 Å². The van der Waals surface area contributed by atoms with Crippen LogP contribution in [-0.2, 0) is 4.74 Å². The summed E-state index contributed by atoms with van der Waals surface area (Å²) in [5, 5.41) is 13.2. The standard InChI is InChI=1S/C10H14N2O3/c1-7-5-9(10(13)14)12(11-7)8-3-2-4-15-6-8/h5,8H,2-4,6H2,1H3,(H,13,14). The van der Waals surface area contributed by atoms with E-state index in [0.717, 1.165) is 25.1 Å². The Morgan fingerprint density at radius 2 is 2.53 bits per heavy atom. The van der Waals surface area contributed by atoms with E-state index in [2.05, 4.69) is 5.10 Å². The monoisotopic (exact) mass is 210 g/mol. The number of aryl methyl sites for hydroxylation is 1. The summed E-state index contributed by atoms with van der Waals surface area (Å²) in [4.78, 5) is 11.0. The fourth-order valence-corrected chi connectivity index (χ4v) is 1.87. The third-order valence-electron chi connectivity index (χ3n) is 2.56. The number of aromatic nitrogens is 2. The number of nitrogens with zero attached hydrogens (tertiary/aromatic N) is 2. The zero-order chi connectivity index (χ0) is 10.8. The van der Waals surface area contributed by atoms with Crippen molar-refractivity contribution in [3.8, 4) is 0 Å². The molecule has 1 unspecified atom stereocenters. The topological polar surface area (TPSA) is 64.3 Å². The lowest BCUT2D eigenvalue weighted by Gasteiger charge is -2.23. The van der Waals surface area contributed by atoms with E-state index in [1.165, 1.54) is 0 Å². The Kier molecular flexibility index (Phi) is 2.73. The van der Waals surface area contributed by atoms with E-state index in [1.807, 2.05) is 0 Å². The zero-order valence-electron chi connectivity index (χ0n) is 8.64. The zero-order valence-corrected chi connectivity index (χ0v) is 8.64. The molecule has 1 aliphatic rings. The van der Waals surface area contributed by atoms with E-state index in [1.54, 1.807) is 17.7 Å². The summed E-state index contributed by atoms with van der Waals surface area (Å²) in [6, 6.07) is 1.66. The highest BCUT2D eigenvalue weighted by atomic mass is 16.5. The molecule has 1 N–H and O–H groups in total. The average Bonchev–Trinajstić information content (AvgIpc) is 2.62. The van der Waals surface area contributed by atoms with E-state index in [-0.39, 0.29) is 11.7 Å². The van der Waals surface area contributed by atoms with Crippen LogP contribution in [0.3, 0.4) is 0 Å². The van der Waals surface area contributed by atoms with Gasteiger partial charge in [-0.3, -0.25) is 4.68 Å². The second-order valence-electron chi connectivity index (χ2n) is 3.79. The van der Waals surface area contributed by atoms with Gasteiger partial charge in [-0.05, 0) is 25.8 Å². The highest BCUT2D eigenvalue weighted by Crippen LogP contribution is 2.21. The van der Waals surface area contributed by atoms with Gasteiger partial charge in [0.2, 0.25) is 0 Å². The number of ether oxygens (including phenoxy) is 1.